The van der Waals surface area contributed by atoms with Gasteiger partial charge in [-0.15, -0.1) is 0 Å². The first-order valence-electron chi connectivity index (χ1n) is 11.0. The van der Waals surface area contributed by atoms with E-state index in [1.54, 1.807) is 19.2 Å². The summed E-state index contributed by atoms with van der Waals surface area (Å²) >= 11 is 2.21. The highest BCUT2D eigenvalue weighted by atomic mass is 127. The van der Waals surface area contributed by atoms with Gasteiger partial charge in [-0.3, -0.25) is 4.79 Å². The Morgan fingerprint density at radius 1 is 1.18 bits per heavy atom. The van der Waals surface area contributed by atoms with Crippen LogP contribution in [0.1, 0.15) is 29.2 Å². The number of halogens is 1. The second kappa shape index (κ2) is 9.55. The van der Waals surface area contributed by atoms with Gasteiger partial charge in [0.2, 0.25) is 0 Å². The van der Waals surface area contributed by atoms with Gasteiger partial charge in [0.05, 0.1) is 24.2 Å². The molecular weight excluding hydrogens is 545 g/mol. The number of piperidine rings is 1. The summed E-state index contributed by atoms with van der Waals surface area (Å²) in [6, 6.07) is 13.2. The van der Waals surface area contributed by atoms with E-state index < -0.39 is 0 Å². The van der Waals surface area contributed by atoms with Crippen molar-refractivity contribution in [3.8, 4) is 17.0 Å². The van der Waals surface area contributed by atoms with Crippen molar-refractivity contribution in [1.29, 1.82) is 0 Å². The molecule has 1 aliphatic rings. The molecule has 9 nitrogen and oxygen atoms in total. The Bertz CT molecular complexity index is 1350. The minimum atomic E-state index is -0.208. The van der Waals surface area contributed by atoms with E-state index in [2.05, 4.69) is 43.2 Å². The van der Waals surface area contributed by atoms with E-state index in [1.165, 1.54) is 6.33 Å². The summed E-state index contributed by atoms with van der Waals surface area (Å²) in [6.45, 7) is 1.87. The smallest absolute Gasteiger partial charge is 0.255 e. The topological polar surface area (TPSA) is 120 Å². The van der Waals surface area contributed by atoms with E-state index in [9.17, 15) is 4.79 Å². The van der Waals surface area contributed by atoms with Crippen LogP contribution in [0.5, 0.6) is 5.75 Å². The van der Waals surface area contributed by atoms with Gasteiger partial charge in [-0.05, 0) is 84.9 Å². The SMILES string of the molecule is COc1cc(-c2nn(C3CCNCC3)c3ncnc(N)c23)ccc1NC(=O)c1ccc(I)cc1. The molecule has 4 aromatic rings. The average Bonchev–Trinajstić information content (AvgIpc) is 3.26. The van der Waals surface area contributed by atoms with Crippen LogP contribution in [0.2, 0.25) is 0 Å². The summed E-state index contributed by atoms with van der Waals surface area (Å²) in [6.07, 6.45) is 3.41. The summed E-state index contributed by atoms with van der Waals surface area (Å²) < 4.78 is 8.65. The number of hydrogen-bond acceptors (Lipinski definition) is 7. The molecule has 10 heteroatoms. The number of ether oxygens (including phenoxy) is 1. The third-order valence-corrected chi connectivity index (χ3v) is 6.72. The maximum Gasteiger partial charge on any atom is 0.255 e. The average molecular weight is 569 g/mol. The van der Waals surface area contributed by atoms with E-state index >= 15 is 0 Å². The number of nitrogens with zero attached hydrogens (tertiary/aromatic N) is 4. The molecule has 1 fully saturated rings. The van der Waals surface area contributed by atoms with Crippen LogP contribution in [0, 0.1) is 3.57 Å². The van der Waals surface area contributed by atoms with Crippen LogP contribution in [0.4, 0.5) is 11.5 Å². The normalized spacial score (nSPS) is 14.3. The van der Waals surface area contributed by atoms with Gasteiger partial charge in [0, 0.05) is 14.7 Å². The van der Waals surface area contributed by atoms with Crippen molar-refractivity contribution in [2.45, 2.75) is 18.9 Å². The van der Waals surface area contributed by atoms with Crippen molar-refractivity contribution in [1.82, 2.24) is 25.1 Å². The fourth-order valence-corrected chi connectivity index (χ4v) is 4.60. The molecule has 2 aromatic carbocycles. The largest absolute Gasteiger partial charge is 0.495 e. The second-order valence-electron chi connectivity index (χ2n) is 8.11. The highest BCUT2D eigenvalue weighted by Crippen LogP contribution is 2.37. The van der Waals surface area contributed by atoms with Crippen molar-refractivity contribution >= 4 is 51.0 Å². The van der Waals surface area contributed by atoms with Crippen LogP contribution < -0.4 is 21.1 Å². The van der Waals surface area contributed by atoms with Crippen LogP contribution in [-0.2, 0) is 0 Å². The fraction of sp³-hybridized carbons (Fsp3) is 0.250. The van der Waals surface area contributed by atoms with Gasteiger partial charge in [0.25, 0.3) is 5.91 Å². The van der Waals surface area contributed by atoms with Gasteiger partial charge in [-0.25, -0.2) is 14.6 Å². The zero-order valence-corrected chi connectivity index (χ0v) is 20.7. The summed E-state index contributed by atoms with van der Waals surface area (Å²) in [5.74, 6) is 0.701. The van der Waals surface area contributed by atoms with Crippen LogP contribution in [0.25, 0.3) is 22.3 Å². The van der Waals surface area contributed by atoms with E-state index in [0.29, 0.717) is 28.5 Å². The standard InChI is InChI=1S/C24H24IN7O2/c1-34-19-12-15(4-7-18(19)30-24(33)14-2-5-16(25)6-3-14)21-20-22(26)28-13-29-23(20)32(31-21)17-8-10-27-11-9-17/h2-7,12-13,17,27H,8-11H2,1H3,(H,30,33)(H2,26,28,29). The molecule has 0 spiro atoms. The number of nitrogens with one attached hydrogen (secondary N) is 2. The summed E-state index contributed by atoms with van der Waals surface area (Å²) in [7, 11) is 1.57. The Balaban J connectivity index is 1.52. The number of fused-ring (bicyclic) bond motifs is 1. The predicted molar refractivity (Wildman–Crippen MR) is 140 cm³/mol. The number of methoxy groups -OCH3 is 1. The number of hydrogen-bond donors (Lipinski definition) is 3. The minimum Gasteiger partial charge on any atom is -0.495 e. The highest BCUT2D eigenvalue weighted by Gasteiger charge is 2.24. The van der Waals surface area contributed by atoms with E-state index in [1.807, 2.05) is 35.0 Å². The third-order valence-electron chi connectivity index (χ3n) is 6.00. The number of rotatable bonds is 5. The lowest BCUT2D eigenvalue weighted by Crippen LogP contribution is -2.30. The molecule has 34 heavy (non-hydrogen) atoms. The van der Waals surface area contributed by atoms with Crippen LogP contribution in [0.15, 0.2) is 48.8 Å². The Morgan fingerprint density at radius 3 is 2.68 bits per heavy atom. The lowest BCUT2D eigenvalue weighted by atomic mass is 10.1. The lowest BCUT2D eigenvalue weighted by Gasteiger charge is -2.23. The van der Waals surface area contributed by atoms with Gasteiger partial charge in [-0.2, -0.15) is 5.10 Å². The van der Waals surface area contributed by atoms with Crippen molar-refractivity contribution in [2.75, 3.05) is 31.2 Å². The van der Waals surface area contributed by atoms with Crippen molar-refractivity contribution in [3.63, 3.8) is 0 Å². The molecule has 0 unspecified atom stereocenters. The molecule has 0 bridgehead atoms. The first-order chi connectivity index (χ1) is 16.5. The number of anilines is 2. The van der Waals surface area contributed by atoms with Gasteiger partial charge < -0.3 is 21.1 Å². The summed E-state index contributed by atoms with van der Waals surface area (Å²) in [5.41, 5.74) is 9.65. The van der Waals surface area contributed by atoms with Gasteiger partial charge in [0.15, 0.2) is 5.65 Å². The number of nitrogen functional groups attached to an aromatic ring is 1. The molecule has 0 atom stereocenters. The third kappa shape index (κ3) is 4.30. The van der Waals surface area contributed by atoms with Crippen molar-refractivity contribution < 1.29 is 9.53 Å². The molecule has 5 rings (SSSR count). The number of amides is 1. The Morgan fingerprint density at radius 2 is 1.94 bits per heavy atom. The molecule has 0 saturated carbocycles. The molecule has 1 saturated heterocycles. The van der Waals surface area contributed by atoms with Crippen LogP contribution >= 0.6 is 22.6 Å². The molecule has 3 heterocycles. The van der Waals surface area contributed by atoms with Crippen molar-refractivity contribution in [3.05, 3.63) is 57.9 Å². The van der Waals surface area contributed by atoms with Gasteiger partial charge >= 0.3 is 0 Å². The summed E-state index contributed by atoms with van der Waals surface area (Å²) in [4.78, 5) is 21.4. The molecule has 1 amide bonds. The zero-order valence-electron chi connectivity index (χ0n) is 18.6. The zero-order chi connectivity index (χ0) is 23.7. The monoisotopic (exact) mass is 569 g/mol. The number of carbonyl (C=O) groups excluding carboxylic acids is 1. The second-order valence-corrected chi connectivity index (χ2v) is 9.35. The molecule has 0 radical (unpaired) electrons. The Hall–Kier alpha value is -3.25. The minimum absolute atomic E-state index is 0.208. The number of benzene rings is 2. The van der Waals surface area contributed by atoms with E-state index in [-0.39, 0.29) is 11.9 Å². The Labute approximate surface area is 210 Å². The number of aromatic nitrogens is 4. The first-order valence-corrected chi connectivity index (χ1v) is 12.1. The maximum absolute atomic E-state index is 12.7. The van der Waals surface area contributed by atoms with Gasteiger partial charge in [-0.1, -0.05) is 6.07 Å². The first kappa shape index (κ1) is 22.5. The molecule has 174 valence electrons. The van der Waals surface area contributed by atoms with Gasteiger partial charge in [0.1, 0.15) is 23.6 Å². The molecule has 1 aliphatic heterocycles. The van der Waals surface area contributed by atoms with Crippen LogP contribution in [-0.4, -0.2) is 45.9 Å². The molecule has 4 N–H and O–H groups in total. The van der Waals surface area contributed by atoms with Crippen molar-refractivity contribution in [2.24, 2.45) is 0 Å². The number of nitrogens with two attached hydrogens (primary N) is 1. The fourth-order valence-electron chi connectivity index (χ4n) is 4.24. The molecule has 0 aliphatic carbocycles. The van der Waals surface area contributed by atoms with E-state index in [0.717, 1.165) is 46.1 Å². The predicted octanol–water partition coefficient (Wildman–Crippen LogP) is 3.87. The molecular formula is C24H24IN7O2. The van der Waals surface area contributed by atoms with E-state index in [4.69, 9.17) is 15.6 Å². The Kier molecular flexibility index (Phi) is 6.33. The van der Waals surface area contributed by atoms with Crippen LogP contribution in [0.3, 0.4) is 0 Å². The quantitative estimate of drug-likeness (QED) is 0.312. The number of carbonyl (C=O) groups is 1. The molecule has 2 aromatic heterocycles. The lowest BCUT2D eigenvalue weighted by molar-refractivity contribution is 0.102. The maximum atomic E-state index is 12.7. The summed E-state index contributed by atoms with van der Waals surface area (Å²) in [5, 5.41) is 12.0. The highest BCUT2D eigenvalue weighted by molar-refractivity contribution is 14.1.